The average molecular weight is 163 g/mol. The number of benzene rings is 1. The largest absolute Gasteiger partial charge is 0.372 e. The van der Waals surface area contributed by atoms with Gasteiger partial charge in [0.15, 0.2) is 0 Å². The van der Waals surface area contributed by atoms with Crippen LogP contribution in [0.15, 0.2) is 30.3 Å². The maximum Gasteiger partial charge on any atom is 0.0841 e. The first-order valence-corrected chi connectivity index (χ1v) is 4.28. The molecule has 2 atom stereocenters. The van der Waals surface area contributed by atoms with Crippen LogP contribution in [0.1, 0.15) is 18.1 Å². The van der Waals surface area contributed by atoms with Crippen LogP contribution in [0.25, 0.3) is 0 Å². The molecule has 0 aromatic heterocycles. The first-order chi connectivity index (χ1) is 5.86. The molecule has 0 spiro atoms. The maximum absolute atomic E-state index is 5.74. The van der Waals surface area contributed by atoms with Crippen LogP contribution in [0.2, 0.25) is 0 Å². The highest BCUT2D eigenvalue weighted by Gasteiger charge is 2.23. The molecule has 0 bridgehead atoms. The Morgan fingerprint density at radius 3 is 2.58 bits per heavy atom. The molecule has 2 N–H and O–H groups in total. The first kappa shape index (κ1) is 7.77. The number of hydrogen-bond donors (Lipinski definition) is 1. The van der Waals surface area contributed by atoms with Crippen LogP contribution in [0, 0.1) is 0 Å². The molecule has 0 aliphatic carbocycles. The van der Waals surface area contributed by atoms with Crippen LogP contribution in [0.4, 0.5) is 0 Å². The van der Waals surface area contributed by atoms with Crippen molar-refractivity contribution < 1.29 is 4.74 Å². The lowest BCUT2D eigenvalue weighted by molar-refractivity contribution is 0.110. The molecule has 2 heteroatoms. The summed E-state index contributed by atoms with van der Waals surface area (Å²) in [6.45, 7) is 0.694. The van der Waals surface area contributed by atoms with Gasteiger partial charge in [-0.15, -0.1) is 0 Å². The molecule has 1 saturated heterocycles. The van der Waals surface area contributed by atoms with E-state index in [4.69, 9.17) is 10.5 Å². The molecule has 0 saturated carbocycles. The second-order valence-electron chi connectivity index (χ2n) is 3.23. The summed E-state index contributed by atoms with van der Waals surface area (Å²) in [5.41, 5.74) is 6.98. The summed E-state index contributed by atoms with van der Waals surface area (Å²) in [4.78, 5) is 0. The quantitative estimate of drug-likeness (QED) is 0.680. The molecular weight excluding hydrogens is 150 g/mol. The molecule has 1 aromatic rings. The van der Waals surface area contributed by atoms with Crippen LogP contribution >= 0.6 is 0 Å². The number of nitrogens with two attached hydrogens (primary N) is 1. The minimum absolute atomic E-state index is 0.218. The summed E-state index contributed by atoms with van der Waals surface area (Å²) >= 11 is 0. The Labute approximate surface area is 72.3 Å². The minimum atomic E-state index is 0.218. The minimum Gasteiger partial charge on any atom is -0.372 e. The predicted molar refractivity (Wildman–Crippen MR) is 47.7 cm³/mol. The van der Waals surface area contributed by atoms with Crippen LogP contribution < -0.4 is 5.73 Å². The molecule has 12 heavy (non-hydrogen) atoms. The van der Waals surface area contributed by atoms with Crippen molar-refractivity contribution in [1.82, 2.24) is 0 Å². The van der Waals surface area contributed by atoms with E-state index in [0.29, 0.717) is 6.61 Å². The SMILES string of the molecule is N[C@H]1CO[C@@H](c2ccccc2)C1. The van der Waals surface area contributed by atoms with E-state index in [9.17, 15) is 0 Å². The van der Waals surface area contributed by atoms with Crippen LogP contribution in [-0.2, 0) is 4.74 Å². The molecule has 1 aromatic carbocycles. The van der Waals surface area contributed by atoms with Gasteiger partial charge in [-0.2, -0.15) is 0 Å². The molecule has 1 fully saturated rings. The van der Waals surface area contributed by atoms with Gasteiger partial charge in [0.1, 0.15) is 0 Å². The van der Waals surface area contributed by atoms with E-state index < -0.39 is 0 Å². The fraction of sp³-hybridized carbons (Fsp3) is 0.400. The van der Waals surface area contributed by atoms with E-state index in [-0.39, 0.29) is 12.1 Å². The van der Waals surface area contributed by atoms with E-state index in [1.165, 1.54) is 5.56 Å². The number of ether oxygens (including phenoxy) is 1. The van der Waals surface area contributed by atoms with Crippen molar-refractivity contribution >= 4 is 0 Å². The van der Waals surface area contributed by atoms with Crippen molar-refractivity contribution in [2.45, 2.75) is 18.6 Å². The van der Waals surface area contributed by atoms with E-state index in [0.717, 1.165) is 6.42 Å². The van der Waals surface area contributed by atoms with E-state index >= 15 is 0 Å². The molecule has 1 heterocycles. The smallest absolute Gasteiger partial charge is 0.0841 e. The summed E-state index contributed by atoms with van der Waals surface area (Å²) in [5.74, 6) is 0. The summed E-state index contributed by atoms with van der Waals surface area (Å²) in [6.07, 6.45) is 1.17. The molecule has 0 radical (unpaired) electrons. The van der Waals surface area contributed by atoms with Gasteiger partial charge in [-0.25, -0.2) is 0 Å². The van der Waals surface area contributed by atoms with Gasteiger partial charge in [-0.3, -0.25) is 0 Å². The van der Waals surface area contributed by atoms with E-state index in [1.54, 1.807) is 0 Å². The summed E-state index contributed by atoms with van der Waals surface area (Å²) in [7, 11) is 0. The fourth-order valence-electron chi connectivity index (χ4n) is 1.55. The lowest BCUT2D eigenvalue weighted by atomic mass is 10.1. The van der Waals surface area contributed by atoms with Crippen molar-refractivity contribution in [1.29, 1.82) is 0 Å². The Kier molecular flexibility index (Phi) is 2.11. The molecule has 0 amide bonds. The summed E-state index contributed by atoms with van der Waals surface area (Å²) in [6, 6.07) is 10.5. The highest BCUT2D eigenvalue weighted by molar-refractivity contribution is 5.18. The third-order valence-corrected chi connectivity index (χ3v) is 2.20. The average Bonchev–Trinajstić information content (AvgIpc) is 2.54. The number of hydrogen-bond acceptors (Lipinski definition) is 2. The standard InChI is InChI=1S/C10H13NO/c11-9-6-10(12-7-9)8-4-2-1-3-5-8/h1-5,9-10H,6-7,11H2/t9-,10-/m1/s1. The third kappa shape index (κ3) is 1.49. The Morgan fingerprint density at radius 2 is 2.00 bits per heavy atom. The second-order valence-corrected chi connectivity index (χ2v) is 3.23. The topological polar surface area (TPSA) is 35.2 Å². The van der Waals surface area contributed by atoms with Gasteiger partial charge >= 0.3 is 0 Å². The van der Waals surface area contributed by atoms with Gasteiger partial charge in [0.05, 0.1) is 12.7 Å². The highest BCUT2D eigenvalue weighted by atomic mass is 16.5. The fourth-order valence-corrected chi connectivity index (χ4v) is 1.55. The van der Waals surface area contributed by atoms with E-state index in [2.05, 4.69) is 12.1 Å². The van der Waals surface area contributed by atoms with Gasteiger partial charge in [0.25, 0.3) is 0 Å². The Bertz CT molecular complexity index is 247. The maximum atomic E-state index is 5.74. The highest BCUT2D eigenvalue weighted by Crippen LogP contribution is 2.27. The van der Waals surface area contributed by atoms with Gasteiger partial charge < -0.3 is 10.5 Å². The number of rotatable bonds is 1. The monoisotopic (exact) mass is 163 g/mol. The normalized spacial score (nSPS) is 29.1. The van der Waals surface area contributed by atoms with E-state index in [1.807, 2.05) is 18.2 Å². The van der Waals surface area contributed by atoms with Crippen molar-refractivity contribution in [2.75, 3.05) is 6.61 Å². The molecule has 2 nitrogen and oxygen atoms in total. The first-order valence-electron chi connectivity index (χ1n) is 4.28. The molecule has 2 rings (SSSR count). The summed E-state index contributed by atoms with van der Waals surface area (Å²) < 4.78 is 5.53. The molecule has 1 aliphatic rings. The predicted octanol–water partition coefficient (Wildman–Crippen LogP) is 1.48. The second kappa shape index (κ2) is 3.25. The third-order valence-electron chi connectivity index (χ3n) is 2.20. The Hall–Kier alpha value is -0.860. The van der Waals surface area contributed by atoms with Gasteiger partial charge in [-0.1, -0.05) is 30.3 Å². The molecule has 64 valence electrons. The van der Waals surface area contributed by atoms with Crippen molar-refractivity contribution in [3.8, 4) is 0 Å². The zero-order valence-corrected chi connectivity index (χ0v) is 6.94. The zero-order valence-electron chi connectivity index (χ0n) is 6.94. The van der Waals surface area contributed by atoms with Gasteiger partial charge in [0.2, 0.25) is 0 Å². The molecular formula is C10H13NO. The van der Waals surface area contributed by atoms with Crippen molar-refractivity contribution in [2.24, 2.45) is 5.73 Å². The van der Waals surface area contributed by atoms with Crippen molar-refractivity contribution in [3.05, 3.63) is 35.9 Å². The lowest BCUT2D eigenvalue weighted by Crippen LogP contribution is -2.18. The summed E-state index contributed by atoms with van der Waals surface area (Å²) in [5, 5.41) is 0. The van der Waals surface area contributed by atoms with Gasteiger partial charge in [0, 0.05) is 6.04 Å². The van der Waals surface area contributed by atoms with Crippen LogP contribution in [0.3, 0.4) is 0 Å². The zero-order chi connectivity index (χ0) is 8.39. The Morgan fingerprint density at radius 1 is 1.25 bits per heavy atom. The Balaban J connectivity index is 2.11. The van der Waals surface area contributed by atoms with Crippen LogP contribution in [0.5, 0.6) is 0 Å². The van der Waals surface area contributed by atoms with Crippen molar-refractivity contribution in [3.63, 3.8) is 0 Å². The van der Waals surface area contributed by atoms with Crippen LogP contribution in [-0.4, -0.2) is 12.6 Å². The molecule has 0 unspecified atom stereocenters. The van der Waals surface area contributed by atoms with Gasteiger partial charge in [-0.05, 0) is 12.0 Å². The lowest BCUT2D eigenvalue weighted by Gasteiger charge is -2.08. The molecule has 1 aliphatic heterocycles.